The van der Waals surface area contributed by atoms with Gasteiger partial charge in [-0.15, -0.1) is 0 Å². The van der Waals surface area contributed by atoms with Crippen molar-refractivity contribution < 1.29 is 14.3 Å². The lowest BCUT2D eigenvalue weighted by molar-refractivity contribution is -0.116. The fourth-order valence-electron chi connectivity index (χ4n) is 1.67. The summed E-state index contributed by atoms with van der Waals surface area (Å²) in [5, 5.41) is 0.317. The highest BCUT2D eigenvalue weighted by Gasteiger charge is 2.19. The standard InChI is InChI=1S/C15H20BrNO3/c1-12(2)17(9-8-14(18)10-16)15(19)20-11-13-6-4-3-5-7-13/h3-7,12H,8-11H2,1-2H3. The first kappa shape index (κ1) is 16.7. The summed E-state index contributed by atoms with van der Waals surface area (Å²) >= 11 is 3.12. The van der Waals surface area contributed by atoms with Crippen LogP contribution in [0.25, 0.3) is 0 Å². The molecule has 0 bridgehead atoms. The van der Waals surface area contributed by atoms with Crippen LogP contribution in [0.2, 0.25) is 0 Å². The lowest BCUT2D eigenvalue weighted by Crippen LogP contribution is -2.38. The third-order valence-corrected chi connectivity index (χ3v) is 3.47. The number of nitrogens with zero attached hydrogens (tertiary/aromatic N) is 1. The molecule has 4 nitrogen and oxygen atoms in total. The molecule has 0 N–H and O–H groups in total. The molecule has 0 radical (unpaired) electrons. The monoisotopic (exact) mass is 341 g/mol. The minimum absolute atomic E-state index is 0.00130. The van der Waals surface area contributed by atoms with E-state index in [2.05, 4.69) is 15.9 Å². The van der Waals surface area contributed by atoms with Gasteiger partial charge in [0, 0.05) is 19.0 Å². The van der Waals surface area contributed by atoms with Crippen LogP contribution in [-0.4, -0.2) is 34.7 Å². The van der Waals surface area contributed by atoms with Gasteiger partial charge in [0.2, 0.25) is 0 Å². The van der Waals surface area contributed by atoms with E-state index in [1.807, 2.05) is 44.2 Å². The predicted octanol–water partition coefficient (Wildman–Crippen LogP) is 3.39. The zero-order valence-corrected chi connectivity index (χ0v) is 13.4. The van der Waals surface area contributed by atoms with E-state index >= 15 is 0 Å². The van der Waals surface area contributed by atoms with Crippen LogP contribution in [0.1, 0.15) is 25.8 Å². The minimum Gasteiger partial charge on any atom is -0.445 e. The largest absolute Gasteiger partial charge is 0.445 e. The van der Waals surface area contributed by atoms with E-state index in [9.17, 15) is 9.59 Å². The number of amides is 1. The fraction of sp³-hybridized carbons (Fsp3) is 0.467. The number of alkyl halides is 1. The summed E-state index contributed by atoms with van der Waals surface area (Å²) in [6, 6.07) is 9.53. The Kier molecular flexibility index (Phi) is 7.30. The maximum atomic E-state index is 12.0. The van der Waals surface area contributed by atoms with E-state index in [-0.39, 0.29) is 24.5 Å². The zero-order chi connectivity index (χ0) is 15.0. The molecule has 1 rings (SSSR count). The molecule has 1 aromatic rings. The first-order valence-corrected chi connectivity index (χ1v) is 7.71. The van der Waals surface area contributed by atoms with E-state index in [0.717, 1.165) is 5.56 Å². The quantitative estimate of drug-likeness (QED) is 0.714. The molecule has 110 valence electrons. The molecule has 0 aliphatic carbocycles. The Hall–Kier alpha value is -1.36. The van der Waals surface area contributed by atoms with Crippen molar-refractivity contribution in [3.63, 3.8) is 0 Å². The molecule has 0 aliphatic heterocycles. The Morgan fingerprint density at radius 3 is 2.45 bits per heavy atom. The number of carbonyl (C=O) groups excluding carboxylic acids is 2. The maximum absolute atomic E-state index is 12.0. The molecule has 0 spiro atoms. The van der Waals surface area contributed by atoms with Gasteiger partial charge in [-0.25, -0.2) is 4.79 Å². The van der Waals surface area contributed by atoms with Gasteiger partial charge in [-0.1, -0.05) is 46.3 Å². The average molecular weight is 342 g/mol. The van der Waals surface area contributed by atoms with Crippen LogP contribution in [0.5, 0.6) is 0 Å². The van der Waals surface area contributed by atoms with E-state index in [1.54, 1.807) is 4.90 Å². The van der Waals surface area contributed by atoms with Gasteiger partial charge in [-0.2, -0.15) is 0 Å². The van der Waals surface area contributed by atoms with Crippen molar-refractivity contribution in [3.05, 3.63) is 35.9 Å². The van der Waals surface area contributed by atoms with Gasteiger partial charge in [0.25, 0.3) is 0 Å². The van der Waals surface area contributed by atoms with E-state index in [4.69, 9.17) is 4.74 Å². The molecule has 0 saturated heterocycles. The maximum Gasteiger partial charge on any atom is 0.410 e. The molecule has 0 aromatic heterocycles. The Morgan fingerprint density at radius 1 is 1.25 bits per heavy atom. The second kappa shape index (κ2) is 8.74. The number of benzene rings is 1. The van der Waals surface area contributed by atoms with Gasteiger partial charge in [-0.3, -0.25) is 4.79 Å². The molecule has 0 heterocycles. The van der Waals surface area contributed by atoms with Crippen molar-refractivity contribution in [3.8, 4) is 0 Å². The van der Waals surface area contributed by atoms with Gasteiger partial charge in [0.1, 0.15) is 12.4 Å². The lowest BCUT2D eigenvalue weighted by atomic mass is 10.2. The Balaban J connectivity index is 2.49. The highest BCUT2D eigenvalue weighted by molar-refractivity contribution is 9.09. The fourth-order valence-corrected chi connectivity index (χ4v) is 1.95. The summed E-state index contributed by atoms with van der Waals surface area (Å²) in [4.78, 5) is 24.9. The van der Waals surface area contributed by atoms with Gasteiger partial charge < -0.3 is 9.64 Å². The van der Waals surface area contributed by atoms with Crippen LogP contribution < -0.4 is 0 Å². The molecule has 0 fully saturated rings. The highest BCUT2D eigenvalue weighted by atomic mass is 79.9. The lowest BCUT2D eigenvalue weighted by Gasteiger charge is -2.25. The van der Waals surface area contributed by atoms with E-state index in [0.29, 0.717) is 18.3 Å². The number of Topliss-reactive ketones (excluding diaryl/α,β-unsaturated/α-hetero) is 1. The molecule has 0 atom stereocenters. The van der Waals surface area contributed by atoms with Crippen molar-refractivity contribution >= 4 is 27.8 Å². The van der Waals surface area contributed by atoms with Crippen LogP contribution in [0.4, 0.5) is 4.79 Å². The second-order valence-electron chi connectivity index (χ2n) is 4.75. The van der Waals surface area contributed by atoms with Crippen molar-refractivity contribution in [2.75, 3.05) is 11.9 Å². The summed E-state index contributed by atoms with van der Waals surface area (Å²) in [5.74, 6) is 0.0755. The van der Waals surface area contributed by atoms with Crippen LogP contribution in [0, 0.1) is 0 Å². The third kappa shape index (κ3) is 5.74. The molecule has 0 aliphatic rings. The van der Waals surface area contributed by atoms with Crippen LogP contribution in [0.15, 0.2) is 30.3 Å². The Morgan fingerprint density at radius 2 is 1.90 bits per heavy atom. The smallest absolute Gasteiger partial charge is 0.410 e. The molecular formula is C15H20BrNO3. The normalized spacial score (nSPS) is 10.4. The summed E-state index contributed by atoms with van der Waals surface area (Å²) in [6.07, 6.45) is -0.0460. The number of carbonyl (C=O) groups is 2. The minimum atomic E-state index is -0.383. The first-order chi connectivity index (χ1) is 9.54. The van der Waals surface area contributed by atoms with Crippen LogP contribution in [-0.2, 0) is 16.1 Å². The predicted molar refractivity (Wildman–Crippen MR) is 81.9 cm³/mol. The van der Waals surface area contributed by atoms with Crippen molar-refractivity contribution in [2.45, 2.75) is 32.9 Å². The molecular weight excluding hydrogens is 322 g/mol. The molecule has 1 amide bonds. The Labute approximate surface area is 128 Å². The SMILES string of the molecule is CC(C)N(CCC(=O)CBr)C(=O)OCc1ccccc1. The average Bonchev–Trinajstić information content (AvgIpc) is 2.45. The molecule has 1 aromatic carbocycles. The number of ketones is 1. The first-order valence-electron chi connectivity index (χ1n) is 6.59. The number of halogens is 1. The van der Waals surface area contributed by atoms with Crippen molar-refractivity contribution in [1.82, 2.24) is 4.90 Å². The number of hydrogen-bond donors (Lipinski definition) is 0. The Bertz CT molecular complexity index is 434. The number of ether oxygens (including phenoxy) is 1. The van der Waals surface area contributed by atoms with Gasteiger partial charge in [0.05, 0.1) is 5.33 Å². The molecule has 5 heteroatoms. The molecule has 0 unspecified atom stereocenters. The van der Waals surface area contributed by atoms with Crippen molar-refractivity contribution in [2.24, 2.45) is 0 Å². The second-order valence-corrected chi connectivity index (χ2v) is 5.31. The van der Waals surface area contributed by atoms with Crippen LogP contribution in [0.3, 0.4) is 0 Å². The van der Waals surface area contributed by atoms with Gasteiger partial charge in [-0.05, 0) is 19.4 Å². The summed E-state index contributed by atoms with van der Waals surface area (Å²) in [7, 11) is 0. The zero-order valence-electron chi connectivity index (χ0n) is 11.8. The number of rotatable bonds is 7. The highest BCUT2D eigenvalue weighted by Crippen LogP contribution is 2.07. The van der Waals surface area contributed by atoms with E-state index < -0.39 is 0 Å². The van der Waals surface area contributed by atoms with Gasteiger partial charge in [0.15, 0.2) is 0 Å². The van der Waals surface area contributed by atoms with E-state index in [1.165, 1.54) is 0 Å². The van der Waals surface area contributed by atoms with Crippen LogP contribution >= 0.6 is 15.9 Å². The third-order valence-electron chi connectivity index (χ3n) is 2.84. The summed E-state index contributed by atoms with van der Waals surface area (Å²) in [6.45, 7) is 4.44. The van der Waals surface area contributed by atoms with Crippen molar-refractivity contribution in [1.29, 1.82) is 0 Å². The van der Waals surface area contributed by atoms with Gasteiger partial charge >= 0.3 is 6.09 Å². The molecule has 0 saturated carbocycles. The number of hydrogen-bond acceptors (Lipinski definition) is 3. The summed E-state index contributed by atoms with van der Waals surface area (Å²) < 4.78 is 5.28. The topological polar surface area (TPSA) is 46.6 Å². The summed E-state index contributed by atoms with van der Waals surface area (Å²) in [5.41, 5.74) is 0.945. The molecule has 20 heavy (non-hydrogen) atoms.